The summed E-state index contributed by atoms with van der Waals surface area (Å²) < 4.78 is 44.3. The van der Waals surface area contributed by atoms with Crippen molar-refractivity contribution < 1.29 is 17.9 Å². The summed E-state index contributed by atoms with van der Waals surface area (Å²) in [7, 11) is 1.50. The quantitative estimate of drug-likeness (QED) is 0.828. The summed E-state index contributed by atoms with van der Waals surface area (Å²) in [6, 6.07) is 4.40. The third-order valence-electron chi connectivity index (χ3n) is 3.40. The van der Waals surface area contributed by atoms with Gasteiger partial charge in [0.2, 0.25) is 0 Å². The van der Waals surface area contributed by atoms with Crippen LogP contribution in [0, 0.1) is 11.8 Å². The first-order valence-corrected chi connectivity index (χ1v) is 7.17. The van der Waals surface area contributed by atoms with Crippen molar-refractivity contribution in [3.05, 3.63) is 35.9 Å². The third kappa shape index (κ3) is 4.73. The van der Waals surface area contributed by atoms with E-state index < -0.39 is 12.2 Å². The normalized spacial score (nSPS) is 16.1. The number of nitrogens with one attached hydrogen (secondary N) is 1. The van der Waals surface area contributed by atoms with Gasteiger partial charge in [0, 0.05) is 5.69 Å². The highest BCUT2D eigenvalue weighted by Gasteiger charge is 2.38. The average Bonchev–Trinajstić information content (AvgIpc) is 2.52. The summed E-state index contributed by atoms with van der Waals surface area (Å²) in [6.07, 6.45) is 1.23. The lowest BCUT2D eigenvalue weighted by Gasteiger charge is -2.18. The van der Waals surface area contributed by atoms with Gasteiger partial charge in [-0.05, 0) is 55.5 Å². The molecule has 1 aliphatic rings. The third-order valence-corrected chi connectivity index (χ3v) is 3.40. The molecule has 22 heavy (non-hydrogen) atoms. The first-order chi connectivity index (χ1) is 10.5. The summed E-state index contributed by atoms with van der Waals surface area (Å²) in [5.74, 6) is 5.59. The molecule has 0 bridgehead atoms. The molecule has 2 rings (SSSR count). The molecule has 1 aromatic carbocycles. The minimum Gasteiger partial charge on any atom is -0.497 e. The SMILES string of the molecule is COc1ccc(N[C@H](C#CC2=CCCCC2)C(F)(F)F)cc1. The topological polar surface area (TPSA) is 21.3 Å². The summed E-state index contributed by atoms with van der Waals surface area (Å²) in [6.45, 7) is 0. The van der Waals surface area contributed by atoms with E-state index in [1.54, 1.807) is 24.3 Å². The van der Waals surface area contributed by atoms with Crippen LogP contribution in [0.3, 0.4) is 0 Å². The van der Waals surface area contributed by atoms with E-state index in [0.29, 0.717) is 11.4 Å². The number of benzene rings is 1. The maximum Gasteiger partial charge on any atom is 0.420 e. The predicted molar refractivity (Wildman–Crippen MR) is 80.8 cm³/mol. The predicted octanol–water partition coefficient (Wildman–Crippen LogP) is 4.54. The Hall–Kier alpha value is -2.09. The highest BCUT2D eigenvalue weighted by molar-refractivity contribution is 5.49. The van der Waals surface area contributed by atoms with Crippen molar-refractivity contribution in [1.82, 2.24) is 0 Å². The van der Waals surface area contributed by atoms with Crippen molar-refractivity contribution in [3.63, 3.8) is 0 Å². The van der Waals surface area contributed by atoms with Crippen LogP contribution in [0.15, 0.2) is 35.9 Å². The number of rotatable bonds is 3. The number of allylic oxidation sites excluding steroid dienone is 2. The Labute approximate surface area is 128 Å². The number of methoxy groups -OCH3 is 1. The van der Waals surface area contributed by atoms with Crippen molar-refractivity contribution in [2.75, 3.05) is 12.4 Å². The van der Waals surface area contributed by atoms with E-state index in [1.807, 2.05) is 6.08 Å². The van der Waals surface area contributed by atoms with E-state index in [9.17, 15) is 13.2 Å². The van der Waals surface area contributed by atoms with Crippen LogP contribution in [0.4, 0.5) is 18.9 Å². The Balaban J connectivity index is 2.12. The van der Waals surface area contributed by atoms with Gasteiger partial charge in [-0.2, -0.15) is 13.2 Å². The van der Waals surface area contributed by atoms with Gasteiger partial charge >= 0.3 is 6.18 Å². The molecule has 118 valence electrons. The Bertz CT molecular complexity index is 579. The maximum absolute atomic E-state index is 13.1. The van der Waals surface area contributed by atoms with Crippen molar-refractivity contribution >= 4 is 5.69 Å². The van der Waals surface area contributed by atoms with Crippen molar-refractivity contribution in [2.24, 2.45) is 0 Å². The van der Waals surface area contributed by atoms with Gasteiger partial charge in [-0.15, -0.1) is 0 Å². The molecule has 1 aromatic rings. The number of halogens is 3. The summed E-state index contributed by atoms with van der Waals surface area (Å²) in [5, 5.41) is 2.43. The Kier molecular flexibility index (Phi) is 5.37. The number of alkyl halides is 3. The first-order valence-electron chi connectivity index (χ1n) is 7.17. The van der Waals surface area contributed by atoms with Crippen LogP contribution in [0.5, 0.6) is 5.75 Å². The Morgan fingerprint density at radius 1 is 1.18 bits per heavy atom. The smallest absolute Gasteiger partial charge is 0.420 e. The fourth-order valence-corrected chi connectivity index (χ4v) is 2.17. The van der Waals surface area contributed by atoms with Crippen LogP contribution < -0.4 is 10.1 Å². The minimum absolute atomic E-state index is 0.357. The molecule has 0 saturated heterocycles. The second-order valence-corrected chi connectivity index (χ2v) is 5.09. The molecule has 1 aliphatic carbocycles. The average molecular weight is 309 g/mol. The second kappa shape index (κ2) is 7.26. The van der Waals surface area contributed by atoms with Gasteiger partial charge in [-0.3, -0.25) is 0 Å². The highest BCUT2D eigenvalue weighted by Crippen LogP contribution is 2.25. The van der Waals surface area contributed by atoms with E-state index in [0.717, 1.165) is 31.3 Å². The van der Waals surface area contributed by atoms with Crippen LogP contribution in [0.1, 0.15) is 25.7 Å². The Morgan fingerprint density at radius 2 is 1.91 bits per heavy atom. The maximum atomic E-state index is 13.1. The molecule has 0 aromatic heterocycles. The van der Waals surface area contributed by atoms with Crippen LogP contribution in [0.2, 0.25) is 0 Å². The van der Waals surface area contributed by atoms with Gasteiger partial charge in [0.1, 0.15) is 5.75 Å². The van der Waals surface area contributed by atoms with Gasteiger partial charge in [0.25, 0.3) is 0 Å². The molecule has 0 saturated carbocycles. The lowest BCUT2D eigenvalue weighted by molar-refractivity contribution is -0.130. The number of anilines is 1. The second-order valence-electron chi connectivity index (χ2n) is 5.09. The number of hydrogen-bond donors (Lipinski definition) is 1. The number of ether oxygens (including phenoxy) is 1. The molecule has 0 heterocycles. The zero-order chi connectivity index (χ0) is 16.0. The van der Waals surface area contributed by atoms with Crippen LogP contribution >= 0.6 is 0 Å². The van der Waals surface area contributed by atoms with Crippen molar-refractivity contribution in [3.8, 4) is 17.6 Å². The van der Waals surface area contributed by atoms with E-state index in [2.05, 4.69) is 17.2 Å². The van der Waals surface area contributed by atoms with Gasteiger partial charge in [-0.25, -0.2) is 0 Å². The zero-order valence-corrected chi connectivity index (χ0v) is 12.3. The molecule has 1 N–H and O–H groups in total. The van der Waals surface area contributed by atoms with Gasteiger partial charge < -0.3 is 10.1 Å². The van der Waals surface area contributed by atoms with Crippen LogP contribution in [0.25, 0.3) is 0 Å². The molecule has 1 atom stereocenters. The molecule has 0 fully saturated rings. The minimum atomic E-state index is -4.43. The fraction of sp³-hybridized carbons (Fsp3) is 0.412. The van der Waals surface area contributed by atoms with Gasteiger partial charge in [0.15, 0.2) is 6.04 Å². The largest absolute Gasteiger partial charge is 0.497 e. The molecule has 0 radical (unpaired) electrons. The van der Waals surface area contributed by atoms with Gasteiger partial charge in [0.05, 0.1) is 7.11 Å². The summed E-state index contributed by atoms with van der Waals surface area (Å²) in [5.41, 5.74) is 1.16. The molecule has 0 spiro atoms. The molecule has 5 heteroatoms. The Morgan fingerprint density at radius 3 is 2.45 bits per heavy atom. The van der Waals surface area contributed by atoms with E-state index in [-0.39, 0.29) is 0 Å². The van der Waals surface area contributed by atoms with Crippen molar-refractivity contribution in [2.45, 2.75) is 37.9 Å². The molecule has 0 aliphatic heterocycles. The summed E-state index contributed by atoms with van der Waals surface area (Å²) in [4.78, 5) is 0. The lowest BCUT2D eigenvalue weighted by atomic mass is 10.00. The van der Waals surface area contributed by atoms with Crippen LogP contribution in [-0.2, 0) is 0 Å². The zero-order valence-electron chi connectivity index (χ0n) is 12.3. The first kappa shape index (κ1) is 16.3. The van der Waals surface area contributed by atoms with Crippen molar-refractivity contribution in [1.29, 1.82) is 0 Å². The summed E-state index contributed by atoms with van der Waals surface area (Å²) >= 11 is 0. The molecule has 0 unspecified atom stereocenters. The highest BCUT2D eigenvalue weighted by atomic mass is 19.4. The lowest BCUT2D eigenvalue weighted by Crippen LogP contribution is -2.34. The standard InChI is InChI=1S/C17H18F3NO/c1-22-15-10-8-14(9-11-15)21-16(17(18,19)20)12-7-13-5-3-2-4-6-13/h5,8-11,16,21H,2-4,6H2,1H3/t16-/m1/s1. The molecule has 2 nitrogen and oxygen atoms in total. The monoisotopic (exact) mass is 309 g/mol. The fourth-order valence-electron chi connectivity index (χ4n) is 2.17. The van der Waals surface area contributed by atoms with E-state index >= 15 is 0 Å². The van der Waals surface area contributed by atoms with E-state index in [4.69, 9.17) is 4.74 Å². The molecule has 0 amide bonds. The van der Waals surface area contributed by atoms with Crippen LogP contribution in [-0.4, -0.2) is 19.3 Å². The molecular formula is C17H18F3NO. The number of hydrogen-bond acceptors (Lipinski definition) is 2. The molecular weight excluding hydrogens is 291 g/mol. The van der Waals surface area contributed by atoms with Gasteiger partial charge in [-0.1, -0.05) is 17.9 Å². The van der Waals surface area contributed by atoms with E-state index in [1.165, 1.54) is 7.11 Å².